The van der Waals surface area contributed by atoms with E-state index in [4.69, 9.17) is 14.6 Å². The molecule has 27 heavy (non-hydrogen) atoms. The maximum Gasteiger partial charge on any atom is 0.326 e. The number of ketones is 2. The van der Waals surface area contributed by atoms with Gasteiger partial charge in [-0.1, -0.05) is 27.7 Å². The van der Waals surface area contributed by atoms with Gasteiger partial charge in [-0.2, -0.15) is 0 Å². The van der Waals surface area contributed by atoms with Crippen LogP contribution in [-0.2, 0) is 28.7 Å². The van der Waals surface area contributed by atoms with E-state index in [0.717, 1.165) is 0 Å². The third-order valence-corrected chi connectivity index (χ3v) is 3.85. The first-order chi connectivity index (χ1) is 12.6. The number of carbonyl (C=O) groups excluding carboxylic acids is 3. The summed E-state index contributed by atoms with van der Waals surface area (Å²) in [6, 6.07) is -1.04. The summed E-state index contributed by atoms with van der Waals surface area (Å²) in [5, 5.41) is 11.4. The fourth-order valence-corrected chi connectivity index (χ4v) is 1.96. The number of ether oxygens (including phenoxy) is 2. The molecule has 0 aliphatic heterocycles. The third-order valence-electron chi connectivity index (χ3n) is 3.85. The van der Waals surface area contributed by atoms with Crippen LogP contribution < -0.4 is 5.32 Å². The molecule has 1 atom stereocenters. The van der Waals surface area contributed by atoms with Crippen molar-refractivity contribution < 1.29 is 33.8 Å². The molecule has 0 aliphatic carbocycles. The van der Waals surface area contributed by atoms with Crippen LogP contribution in [0.15, 0.2) is 0 Å². The molecule has 0 saturated carbocycles. The van der Waals surface area contributed by atoms with Gasteiger partial charge in [0.25, 0.3) is 0 Å². The molecule has 0 unspecified atom stereocenters. The number of Topliss-reactive ketones (excluding diaryl/α,β-unsaturated/α-hetero) is 2. The number of nitrogens with one attached hydrogen (secondary N) is 1. The highest BCUT2D eigenvalue weighted by molar-refractivity contribution is 5.85. The summed E-state index contributed by atoms with van der Waals surface area (Å²) in [6.07, 6.45) is 1.19. The minimum absolute atomic E-state index is 0.0305. The molecule has 0 aromatic heterocycles. The molecule has 0 aliphatic rings. The number of hydrogen-bond donors (Lipinski definition) is 2. The number of carbonyl (C=O) groups is 4. The number of aliphatic carboxylic acids is 1. The average Bonchev–Trinajstić information content (AvgIpc) is 2.59. The molecule has 0 saturated heterocycles. The second-order valence-corrected chi connectivity index (χ2v) is 7.33. The van der Waals surface area contributed by atoms with Gasteiger partial charge in [0.1, 0.15) is 18.4 Å². The largest absolute Gasteiger partial charge is 0.480 e. The number of carboxylic acids is 1. The summed E-state index contributed by atoms with van der Waals surface area (Å²) in [6.45, 7) is 8.24. The van der Waals surface area contributed by atoms with Crippen molar-refractivity contribution in [1.82, 2.24) is 5.32 Å². The zero-order valence-corrected chi connectivity index (χ0v) is 16.8. The number of hydrogen-bond acceptors (Lipinski definition) is 6. The number of rotatable bonds is 15. The van der Waals surface area contributed by atoms with E-state index in [0.29, 0.717) is 26.2 Å². The number of amides is 1. The molecular weight excluding hydrogens is 354 g/mol. The van der Waals surface area contributed by atoms with Crippen LogP contribution in [0.3, 0.4) is 0 Å². The molecule has 1 amide bonds. The lowest BCUT2D eigenvalue weighted by Gasteiger charge is -2.16. The second-order valence-electron chi connectivity index (χ2n) is 7.33. The lowest BCUT2D eigenvalue weighted by Crippen LogP contribution is -2.40. The van der Waals surface area contributed by atoms with E-state index in [1.165, 1.54) is 0 Å². The molecule has 156 valence electrons. The average molecular weight is 387 g/mol. The van der Waals surface area contributed by atoms with Gasteiger partial charge in [-0.3, -0.25) is 14.4 Å². The normalized spacial score (nSPS) is 12.4. The monoisotopic (exact) mass is 387 g/mol. The van der Waals surface area contributed by atoms with Crippen molar-refractivity contribution in [2.45, 2.75) is 65.8 Å². The van der Waals surface area contributed by atoms with Crippen LogP contribution in [-0.4, -0.2) is 61.0 Å². The highest BCUT2D eigenvalue weighted by atomic mass is 16.5. The summed E-state index contributed by atoms with van der Waals surface area (Å²) < 4.78 is 10.6. The van der Waals surface area contributed by atoms with Gasteiger partial charge in [0.15, 0.2) is 5.78 Å². The summed E-state index contributed by atoms with van der Waals surface area (Å²) >= 11 is 0. The molecule has 0 aromatic carbocycles. The predicted molar refractivity (Wildman–Crippen MR) is 99.4 cm³/mol. The predicted octanol–water partition coefficient (Wildman–Crippen LogP) is 1.74. The Morgan fingerprint density at radius 3 is 2.19 bits per heavy atom. The van der Waals surface area contributed by atoms with E-state index in [9.17, 15) is 19.2 Å². The summed E-state index contributed by atoms with van der Waals surface area (Å²) in [5.74, 6) is -1.53. The molecular formula is C19H33NO7. The minimum atomic E-state index is -1.14. The van der Waals surface area contributed by atoms with Crippen molar-refractivity contribution in [3.8, 4) is 0 Å². The zero-order chi connectivity index (χ0) is 20.9. The van der Waals surface area contributed by atoms with Crippen LogP contribution in [0.4, 0.5) is 0 Å². The lowest BCUT2D eigenvalue weighted by molar-refractivity contribution is -0.142. The number of carboxylic acid groups (broad SMARTS) is 1. The van der Waals surface area contributed by atoms with Crippen LogP contribution in [0.1, 0.15) is 59.8 Å². The maximum atomic E-state index is 11.8. The van der Waals surface area contributed by atoms with Crippen LogP contribution in [0.25, 0.3) is 0 Å². The lowest BCUT2D eigenvalue weighted by atomic mass is 9.91. The van der Waals surface area contributed by atoms with Crippen molar-refractivity contribution >= 4 is 23.4 Å². The highest BCUT2D eigenvalue weighted by Gasteiger charge is 2.21. The SMILES string of the molecule is CCC(=O)N[C@@H](CCC(=O)CCCOCCOCC(=O)C(C)(C)C)C(=O)O. The van der Waals surface area contributed by atoms with Gasteiger partial charge in [-0.05, 0) is 12.8 Å². The van der Waals surface area contributed by atoms with Crippen LogP contribution in [0.5, 0.6) is 0 Å². The Labute approximate surface area is 161 Å². The van der Waals surface area contributed by atoms with Crippen molar-refractivity contribution in [2.24, 2.45) is 5.41 Å². The van der Waals surface area contributed by atoms with Gasteiger partial charge in [0.05, 0.1) is 13.2 Å². The van der Waals surface area contributed by atoms with Gasteiger partial charge in [-0.25, -0.2) is 4.79 Å². The first-order valence-electron chi connectivity index (χ1n) is 9.30. The molecule has 0 bridgehead atoms. The first kappa shape index (κ1) is 25.2. The van der Waals surface area contributed by atoms with E-state index < -0.39 is 17.4 Å². The third kappa shape index (κ3) is 13.1. The molecule has 0 radical (unpaired) electrons. The van der Waals surface area contributed by atoms with Gasteiger partial charge >= 0.3 is 5.97 Å². The molecule has 0 fully saturated rings. The van der Waals surface area contributed by atoms with E-state index in [-0.39, 0.29) is 49.8 Å². The summed E-state index contributed by atoms with van der Waals surface area (Å²) in [4.78, 5) is 45.8. The van der Waals surface area contributed by atoms with E-state index in [1.54, 1.807) is 6.92 Å². The van der Waals surface area contributed by atoms with Crippen molar-refractivity contribution in [3.05, 3.63) is 0 Å². The van der Waals surface area contributed by atoms with Crippen LogP contribution >= 0.6 is 0 Å². The van der Waals surface area contributed by atoms with Crippen molar-refractivity contribution in [1.29, 1.82) is 0 Å². The van der Waals surface area contributed by atoms with E-state index in [2.05, 4.69) is 5.32 Å². The summed E-state index contributed by atoms with van der Waals surface area (Å²) in [7, 11) is 0. The van der Waals surface area contributed by atoms with Gasteiger partial charge in [0, 0.05) is 31.3 Å². The molecule has 0 heterocycles. The van der Waals surface area contributed by atoms with Crippen molar-refractivity contribution in [3.63, 3.8) is 0 Å². The second kappa shape index (κ2) is 13.4. The molecule has 0 rings (SSSR count). The van der Waals surface area contributed by atoms with Crippen LogP contribution in [0.2, 0.25) is 0 Å². The highest BCUT2D eigenvalue weighted by Crippen LogP contribution is 2.14. The molecule has 8 nitrogen and oxygen atoms in total. The topological polar surface area (TPSA) is 119 Å². The van der Waals surface area contributed by atoms with Gasteiger partial charge < -0.3 is 19.9 Å². The Kier molecular flexibility index (Phi) is 12.5. The Bertz CT molecular complexity index is 497. The van der Waals surface area contributed by atoms with Gasteiger partial charge in [0.2, 0.25) is 5.91 Å². The first-order valence-corrected chi connectivity index (χ1v) is 9.30. The Morgan fingerprint density at radius 2 is 1.63 bits per heavy atom. The Balaban J connectivity index is 3.75. The molecule has 2 N–H and O–H groups in total. The zero-order valence-electron chi connectivity index (χ0n) is 16.8. The standard InChI is InChI=1S/C19H33NO7/c1-5-17(23)20-15(18(24)25)9-8-14(21)7-6-10-26-11-12-27-13-16(22)19(2,3)4/h15H,5-13H2,1-4H3,(H,20,23)(H,24,25)/t15-/m0/s1. The minimum Gasteiger partial charge on any atom is -0.480 e. The van der Waals surface area contributed by atoms with Crippen molar-refractivity contribution in [2.75, 3.05) is 26.4 Å². The van der Waals surface area contributed by atoms with E-state index in [1.807, 2.05) is 20.8 Å². The molecule has 0 aromatic rings. The Hall–Kier alpha value is -1.80. The fourth-order valence-electron chi connectivity index (χ4n) is 1.96. The smallest absolute Gasteiger partial charge is 0.326 e. The van der Waals surface area contributed by atoms with Crippen LogP contribution in [0, 0.1) is 5.41 Å². The fraction of sp³-hybridized carbons (Fsp3) is 0.789. The van der Waals surface area contributed by atoms with Gasteiger partial charge in [-0.15, -0.1) is 0 Å². The molecule has 8 heteroatoms. The van der Waals surface area contributed by atoms with E-state index >= 15 is 0 Å². The summed E-state index contributed by atoms with van der Waals surface area (Å²) in [5.41, 5.74) is -0.416. The Morgan fingerprint density at radius 1 is 1.00 bits per heavy atom. The molecule has 0 spiro atoms. The maximum absolute atomic E-state index is 11.8. The quantitative estimate of drug-likeness (QED) is 0.411.